The Balaban J connectivity index is 1.27. The van der Waals surface area contributed by atoms with Crippen LogP contribution in [-0.4, -0.2) is 16.9 Å². The van der Waals surface area contributed by atoms with Crippen LogP contribution in [0.5, 0.6) is 5.75 Å². The minimum atomic E-state index is -0.0483. The van der Waals surface area contributed by atoms with E-state index < -0.39 is 0 Å². The molecule has 4 atom stereocenters. The molecule has 6 rings (SSSR count). The van der Waals surface area contributed by atoms with Crippen LogP contribution in [0.4, 0.5) is 0 Å². The smallest absolute Gasteiger partial charge is 0.251 e. The van der Waals surface area contributed by atoms with Crippen molar-refractivity contribution in [1.29, 1.82) is 0 Å². The van der Waals surface area contributed by atoms with Crippen molar-refractivity contribution in [3.63, 3.8) is 0 Å². The van der Waals surface area contributed by atoms with Crippen molar-refractivity contribution < 1.29 is 9.53 Å². The molecule has 180 valence electrons. The van der Waals surface area contributed by atoms with Crippen LogP contribution in [0.2, 0.25) is 0 Å². The molecule has 1 aromatic heterocycles. The molecule has 3 saturated carbocycles. The maximum atomic E-state index is 12.5. The number of rotatable bonds is 8. The molecular weight excluding hydrogens is 432 g/mol. The third-order valence-electron chi connectivity index (χ3n) is 8.46. The number of fused-ring (bicyclic) bond motifs is 2. The van der Waals surface area contributed by atoms with Crippen LogP contribution in [0.25, 0.3) is 0 Å². The summed E-state index contributed by atoms with van der Waals surface area (Å²) in [6.45, 7) is 2.13. The predicted molar refractivity (Wildman–Crippen MR) is 137 cm³/mol. The van der Waals surface area contributed by atoms with E-state index in [1.807, 2.05) is 36.5 Å². The molecule has 0 saturated heterocycles. The highest BCUT2D eigenvalue weighted by Gasteiger charge is 2.52. The van der Waals surface area contributed by atoms with E-state index in [-0.39, 0.29) is 17.4 Å². The van der Waals surface area contributed by atoms with Gasteiger partial charge in [0.25, 0.3) is 5.91 Å². The zero-order valence-electron chi connectivity index (χ0n) is 20.5. The van der Waals surface area contributed by atoms with Crippen molar-refractivity contribution in [2.24, 2.45) is 11.8 Å². The number of hydrogen-bond donors (Lipinski definition) is 1. The molecule has 2 aromatic carbocycles. The molecule has 0 spiro atoms. The van der Waals surface area contributed by atoms with Crippen molar-refractivity contribution in [1.82, 2.24) is 10.3 Å². The van der Waals surface area contributed by atoms with Gasteiger partial charge in [0.15, 0.2) is 0 Å². The topological polar surface area (TPSA) is 51.2 Å². The van der Waals surface area contributed by atoms with E-state index in [0.717, 1.165) is 42.2 Å². The second-order valence-corrected chi connectivity index (χ2v) is 10.7. The van der Waals surface area contributed by atoms with Gasteiger partial charge in [-0.3, -0.25) is 9.78 Å². The summed E-state index contributed by atoms with van der Waals surface area (Å²) in [6, 6.07) is 23.6. The van der Waals surface area contributed by atoms with Crippen molar-refractivity contribution in [3.8, 4) is 5.75 Å². The van der Waals surface area contributed by atoms with Crippen molar-refractivity contribution in [2.45, 2.75) is 69.4 Å². The summed E-state index contributed by atoms with van der Waals surface area (Å²) in [4.78, 5) is 17.0. The van der Waals surface area contributed by atoms with Crippen LogP contribution in [0.3, 0.4) is 0 Å². The van der Waals surface area contributed by atoms with Crippen LogP contribution < -0.4 is 10.1 Å². The third kappa shape index (κ3) is 4.24. The second-order valence-electron chi connectivity index (χ2n) is 10.7. The average Bonchev–Trinajstić information content (AvgIpc) is 3.48. The molecule has 3 aliphatic rings. The van der Waals surface area contributed by atoms with E-state index in [0.29, 0.717) is 12.0 Å². The number of hydrogen-bond acceptors (Lipinski definition) is 3. The molecule has 3 aromatic rings. The van der Waals surface area contributed by atoms with Crippen molar-refractivity contribution in [3.05, 3.63) is 95.3 Å². The third-order valence-corrected chi connectivity index (χ3v) is 8.46. The Morgan fingerprint density at radius 2 is 1.74 bits per heavy atom. The zero-order chi connectivity index (χ0) is 23.8. The van der Waals surface area contributed by atoms with Crippen LogP contribution in [0.15, 0.2) is 72.9 Å². The van der Waals surface area contributed by atoms with E-state index in [1.165, 1.54) is 36.8 Å². The van der Waals surface area contributed by atoms with Gasteiger partial charge < -0.3 is 10.1 Å². The normalized spacial score (nSPS) is 25.9. The first kappa shape index (κ1) is 22.3. The minimum Gasteiger partial charge on any atom is -0.484 e. The Morgan fingerprint density at radius 1 is 1.00 bits per heavy atom. The molecule has 0 radical (unpaired) electrons. The lowest BCUT2D eigenvalue weighted by molar-refractivity contribution is 0.0951. The lowest BCUT2D eigenvalue weighted by Gasteiger charge is -2.39. The lowest BCUT2D eigenvalue weighted by Crippen LogP contribution is -2.34. The Labute approximate surface area is 208 Å². The van der Waals surface area contributed by atoms with Gasteiger partial charge >= 0.3 is 0 Å². The molecule has 1 heterocycles. The number of benzene rings is 2. The molecule has 4 heteroatoms. The maximum absolute atomic E-state index is 12.5. The van der Waals surface area contributed by atoms with Crippen LogP contribution in [0.1, 0.15) is 85.2 Å². The molecule has 3 fully saturated rings. The highest BCUT2D eigenvalue weighted by molar-refractivity contribution is 5.94. The molecule has 2 bridgehead atoms. The van der Waals surface area contributed by atoms with Gasteiger partial charge in [-0.1, -0.05) is 43.7 Å². The molecule has 1 N–H and O–H groups in total. The molecule has 1 unspecified atom stereocenters. The number of nitrogens with zero attached hydrogens (tertiary/aromatic N) is 1. The number of nitrogens with one attached hydrogen (secondary N) is 1. The van der Waals surface area contributed by atoms with Crippen LogP contribution in [0, 0.1) is 11.8 Å². The number of amides is 1. The SMILES string of the molecule is CCC(Oc1ccc([C@@]2(c3ccc(C(=O)NC4CC4)cc3)C[C@@H]3CC[C@H]2C3)cc1)c1ccccn1. The fourth-order valence-corrected chi connectivity index (χ4v) is 6.53. The highest BCUT2D eigenvalue weighted by Crippen LogP contribution is 2.60. The fraction of sp³-hybridized carbons (Fsp3) is 0.419. The van der Waals surface area contributed by atoms with E-state index >= 15 is 0 Å². The second kappa shape index (κ2) is 9.14. The first-order chi connectivity index (χ1) is 17.2. The Kier molecular flexibility index (Phi) is 5.83. The average molecular weight is 467 g/mol. The number of carbonyl (C=O) groups excluding carboxylic acids is 1. The maximum Gasteiger partial charge on any atom is 0.251 e. The van der Waals surface area contributed by atoms with E-state index in [4.69, 9.17) is 4.74 Å². The summed E-state index contributed by atoms with van der Waals surface area (Å²) in [5.74, 6) is 2.39. The molecule has 1 amide bonds. The van der Waals surface area contributed by atoms with Gasteiger partial charge in [-0.2, -0.15) is 0 Å². The van der Waals surface area contributed by atoms with Gasteiger partial charge in [-0.25, -0.2) is 0 Å². The summed E-state index contributed by atoms with van der Waals surface area (Å²) >= 11 is 0. The van der Waals surface area contributed by atoms with Gasteiger partial charge in [-0.15, -0.1) is 0 Å². The summed E-state index contributed by atoms with van der Waals surface area (Å²) in [5, 5.41) is 3.11. The molecule has 3 aliphatic carbocycles. The van der Waals surface area contributed by atoms with Gasteiger partial charge in [0.05, 0.1) is 5.69 Å². The highest BCUT2D eigenvalue weighted by atomic mass is 16.5. The first-order valence-electron chi connectivity index (χ1n) is 13.2. The van der Waals surface area contributed by atoms with Gasteiger partial charge in [0.1, 0.15) is 11.9 Å². The number of aromatic nitrogens is 1. The number of ether oxygens (including phenoxy) is 1. The minimum absolute atomic E-state index is 0.0259. The molecule has 4 nitrogen and oxygen atoms in total. The number of carbonyl (C=O) groups is 1. The first-order valence-corrected chi connectivity index (χ1v) is 13.2. The molecule has 35 heavy (non-hydrogen) atoms. The standard InChI is InChI=1S/C31H34N2O2/c1-2-29(28-5-3-4-18-32-28)35-27-16-12-24(13-17-27)31(20-21-6-9-25(31)19-21)23-10-7-22(8-11-23)30(34)33-26-14-15-26/h3-5,7-8,10-13,16-18,21,25-26,29H,2,6,9,14-15,19-20H2,1H3,(H,33,34)/t21-,25+,29?,31+/m1/s1. The van der Waals surface area contributed by atoms with Crippen molar-refractivity contribution >= 4 is 5.91 Å². The van der Waals surface area contributed by atoms with Crippen LogP contribution in [-0.2, 0) is 5.41 Å². The monoisotopic (exact) mass is 466 g/mol. The van der Waals surface area contributed by atoms with Gasteiger partial charge in [-0.05, 0) is 97.9 Å². The lowest BCUT2D eigenvalue weighted by atomic mass is 9.64. The quantitative estimate of drug-likeness (QED) is 0.406. The van der Waals surface area contributed by atoms with E-state index in [1.54, 1.807) is 0 Å². The van der Waals surface area contributed by atoms with Gasteiger partial charge in [0.2, 0.25) is 0 Å². The zero-order valence-corrected chi connectivity index (χ0v) is 20.5. The summed E-state index contributed by atoms with van der Waals surface area (Å²) in [7, 11) is 0. The Morgan fingerprint density at radius 3 is 2.31 bits per heavy atom. The Hall–Kier alpha value is -3.14. The molecule has 0 aliphatic heterocycles. The summed E-state index contributed by atoms with van der Waals surface area (Å²) < 4.78 is 6.34. The predicted octanol–water partition coefficient (Wildman–Crippen LogP) is 6.61. The van der Waals surface area contributed by atoms with Crippen LogP contribution >= 0.6 is 0 Å². The number of pyridine rings is 1. The summed E-state index contributed by atoms with van der Waals surface area (Å²) in [5.41, 5.74) is 4.48. The Bertz CT molecular complexity index is 1170. The molecular formula is C31H34N2O2. The van der Waals surface area contributed by atoms with Crippen molar-refractivity contribution in [2.75, 3.05) is 0 Å². The fourth-order valence-electron chi connectivity index (χ4n) is 6.53. The van der Waals surface area contributed by atoms with E-state index in [9.17, 15) is 4.79 Å². The van der Waals surface area contributed by atoms with Gasteiger partial charge in [0, 0.05) is 23.2 Å². The summed E-state index contributed by atoms with van der Waals surface area (Å²) in [6.07, 6.45) is 9.98. The largest absolute Gasteiger partial charge is 0.484 e. The van der Waals surface area contributed by atoms with E-state index in [2.05, 4.69) is 53.6 Å².